The van der Waals surface area contributed by atoms with Gasteiger partial charge in [0.05, 0.1) is 5.69 Å². The zero-order valence-electron chi connectivity index (χ0n) is 8.45. The lowest BCUT2D eigenvalue weighted by Crippen LogP contribution is -2.03. The van der Waals surface area contributed by atoms with Crippen molar-refractivity contribution < 1.29 is 0 Å². The second kappa shape index (κ2) is 2.84. The Morgan fingerprint density at radius 2 is 2.14 bits per heavy atom. The molecule has 3 rings (SSSR count). The first-order chi connectivity index (χ1) is 6.84. The highest BCUT2D eigenvalue weighted by atomic mass is 15.0. The van der Waals surface area contributed by atoms with Crippen LogP contribution in [-0.4, -0.2) is 9.38 Å². The second-order valence-electron chi connectivity index (χ2n) is 4.14. The molecule has 0 amide bonds. The Bertz CT molecular complexity index is 482. The lowest BCUT2D eigenvalue weighted by molar-refractivity contribution is 0.660. The van der Waals surface area contributed by atoms with E-state index in [1.54, 1.807) is 0 Å². The average Bonchev–Trinajstić information content (AvgIpc) is 2.54. The van der Waals surface area contributed by atoms with Gasteiger partial charge < -0.3 is 4.40 Å². The third-order valence-electron chi connectivity index (χ3n) is 3.04. The molecule has 2 nitrogen and oxygen atoms in total. The van der Waals surface area contributed by atoms with Gasteiger partial charge in [-0.2, -0.15) is 0 Å². The van der Waals surface area contributed by atoms with E-state index in [0.29, 0.717) is 0 Å². The fourth-order valence-corrected chi connectivity index (χ4v) is 2.30. The van der Waals surface area contributed by atoms with E-state index in [2.05, 4.69) is 34.6 Å². The van der Waals surface area contributed by atoms with Crippen LogP contribution < -0.4 is 0 Å². The summed E-state index contributed by atoms with van der Waals surface area (Å²) in [7, 11) is 0. The monoisotopic (exact) mass is 186 g/mol. The molecule has 0 fully saturated rings. The third kappa shape index (κ3) is 1.07. The molecule has 0 spiro atoms. The van der Waals surface area contributed by atoms with Gasteiger partial charge in [-0.1, -0.05) is 0 Å². The van der Waals surface area contributed by atoms with Gasteiger partial charge in [-0.25, -0.2) is 4.98 Å². The Kier molecular flexibility index (Phi) is 1.63. The fraction of sp³-hybridized carbons (Fsp3) is 0.417. The van der Waals surface area contributed by atoms with Crippen LogP contribution in [0.15, 0.2) is 18.3 Å². The predicted octanol–water partition coefficient (Wildman–Crippen LogP) is 2.52. The highest BCUT2D eigenvalue weighted by Gasteiger charge is 2.15. The first-order valence-electron chi connectivity index (χ1n) is 5.31. The van der Waals surface area contributed by atoms with E-state index >= 15 is 0 Å². The molecule has 0 saturated heterocycles. The first kappa shape index (κ1) is 8.04. The SMILES string of the molecule is Cc1ccn2c3c(nc2c1)CCCC3. The Labute approximate surface area is 83.6 Å². The Morgan fingerprint density at radius 1 is 1.29 bits per heavy atom. The Morgan fingerprint density at radius 3 is 3.07 bits per heavy atom. The van der Waals surface area contributed by atoms with E-state index in [0.717, 1.165) is 12.1 Å². The summed E-state index contributed by atoms with van der Waals surface area (Å²) in [5.41, 5.74) is 5.17. The van der Waals surface area contributed by atoms with Crippen LogP contribution in [0.1, 0.15) is 29.8 Å². The topological polar surface area (TPSA) is 17.3 Å². The van der Waals surface area contributed by atoms with Crippen LogP contribution in [0.5, 0.6) is 0 Å². The maximum atomic E-state index is 4.68. The molecule has 0 unspecified atom stereocenters. The molecular weight excluding hydrogens is 172 g/mol. The van der Waals surface area contributed by atoms with Gasteiger partial charge in [0, 0.05) is 11.9 Å². The molecule has 0 saturated carbocycles. The number of imidazole rings is 1. The number of aryl methyl sites for hydroxylation is 3. The number of hydrogen-bond donors (Lipinski definition) is 0. The van der Waals surface area contributed by atoms with E-state index in [4.69, 9.17) is 0 Å². The summed E-state index contributed by atoms with van der Waals surface area (Å²) >= 11 is 0. The summed E-state index contributed by atoms with van der Waals surface area (Å²) in [5, 5.41) is 0. The van der Waals surface area contributed by atoms with Crippen LogP contribution in [-0.2, 0) is 12.8 Å². The third-order valence-corrected chi connectivity index (χ3v) is 3.04. The highest BCUT2D eigenvalue weighted by molar-refractivity contribution is 5.46. The summed E-state index contributed by atoms with van der Waals surface area (Å²) in [6.45, 7) is 2.12. The largest absolute Gasteiger partial charge is 0.304 e. The minimum absolute atomic E-state index is 1.12. The number of rotatable bonds is 0. The van der Waals surface area contributed by atoms with Crippen LogP contribution in [0.25, 0.3) is 5.65 Å². The molecule has 2 aromatic heterocycles. The molecule has 1 aliphatic rings. The van der Waals surface area contributed by atoms with E-state index in [9.17, 15) is 0 Å². The molecule has 72 valence electrons. The van der Waals surface area contributed by atoms with Gasteiger partial charge in [-0.15, -0.1) is 0 Å². The maximum Gasteiger partial charge on any atom is 0.137 e. The summed E-state index contributed by atoms with van der Waals surface area (Å²) in [6.07, 6.45) is 7.13. The maximum absolute atomic E-state index is 4.68. The lowest BCUT2D eigenvalue weighted by atomic mass is 10.0. The average molecular weight is 186 g/mol. The van der Waals surface area contributed by atoms with Crippen LogP contribution in [0.2, 0.25) is 0 Å². The van der Waals surface area contributed by atoms with Crippen molar-refractivity contribution in [2.75, 3.05) is 0 Å². The van der Waals surface area contributed by atoms with Gasteiger partial charge in [0.15, 0.2) is 0 Å². The molecule has 0 bridgehead atoms. The molecule has 0 aliphatic heterocycles. The van der Waals surface area contributed by atoms with Gasteiger partial charge in [-0.3, -0.25) is 0 Å². The molecule has 0 radical (unpaired) electrons. The van der Waals surface area contributed by atoms with Crippen molar-refractivity contribution in [3.63, 3.8) is 0 Å². The molecule has 0 aromatic carbocycles. The number of aromatic nitrogens is 2. The van der Waals surface area contributed by atoms with Crippen molar-refractivity contribution in [1.29, 1.82) is 0 Å². The molecule has 2 heterocycles. The quantitative estimate of drug-likeness (QED) is 0.618. The number of hydrogen-bond acceptors (Lipinski definition) is 1. The molecule has 1 aliphatic carbocycles. The van der Waals surface area contributed by atoms with Crippen molar-refractivity contribution in [2.45, 2.75) is 32.6 Å². The predicted molar refractivity (Wildman–Crippen MR) is 56.6 cm³/mol. The standard InChI is InChI=1S/C12H14N2/c1-9-6-7-14-11-5-3-2-4-10(11)13-12(14)8-9/h6-8H,2-5H2,1H3. The van der Waals surface area contributed by atoms with Gasteiger partial charge in [0.2, 0.25) is 0 Å². The van der Waals surface area contributed by atoms with E-state index < -0.39 is 0 Å². The first-order valence-corrected chi connectivity index (χ1v) is 5.31. The van der Waals surface area contributed by atoms with E-state index in [1.807, 2.05) is 0 Å². The molecule has 0 N–H and O–H groups in total. The molecule has 14 heavy (non-hydrogen) atoms. The van der Waals surface area contributed by atoms with Crippen molar-refractivity contribution in [2.24, 2.45) is 0 Å². The Hall–Kier alpha value is -1.31. The molecule has 2 heteroatoms. The van der Waals surface area contributed by atoms with Gasteiger partial charge in [-0.05, 0) is 50.3 Å². The number of fused-ring (bicyclic) bond motifs is 3. The second-order valence-corrected chi connectivity index (χ2v) is 4.14. The van der Waals surface area contributed by atoms with Crippen LogP contribution in [0.3, 0.4) is 0 Å². The molecular formula is C12H14N2. The van der Waals surface area contributed by atoms with Crippen molar-refractivity contribution in [3.8, 4) is 0 Å². The normalized spacial score (nSPS) is 15.8. The summed E-state index contributed by atoms with van der Waals surface area (Å²) in [6, 6.07) is 4.32. The minimum Gasteiger partial charge on any atom is -0.304 e. The van der Waals surface area contributed by atoms with E-state index in [1.165, 1.54) is 36.2 Å². The van der Waals surface area contributed by atoms with Crippen molar-refractivity contribution in [3.05, 3.63) is 35.3 Å². The van der Waals surface area contributed by atoms with Gasteiger partial charge >= 0.3 is 0 Å². The number of pyridine rings is 1. The van der Waals surface area contributed by atoms with Crippen LogP contribution in [0.4, 0.5) is 0 Å². The minimum atomic E-state index is 1.12. The van der Waals surface area contributed by atoms with E-state index in [-0.39, 0.29) is 0 Å². The smallest absolute Gasteiger partial charge is 0.137 e. The molecule has 0 atom stereocenters. The highest BCUT2D eigenvalue weighted by Crippen LogP contribution is 2.22. The van der Waals surface area contributed by atoms with Crippen molar-refractivity contribution >= 4 is 5.65 Å². The number of nitrogens with zero attached hydrogens (tertiary/aromatic N) is 2. The molecule has 2 aromatic rings. The van der Waals surface area contributed by atoms with Crippen LogP contribution in [0, 0.1) is 6.92 Å². The van der Waals surface area contributed by atoms with Crippen molar-refractivity contribution in [1.82, 2.24) is 9.38 Å². The Balaban J connectivity index is 2.31. The summed E-state index contributed by atoms with van der Waals surface area (Å²) in [4.78, 5) is 4.68. The zero-order valence-corrected chi connectivity index (χ0v) is 8.45. The van der Waals surface area contributed by atoms with Gasteiger partial charge in [0.25, 0.3) is 0 Å². The summed E-state index contributed by atoms with van der Waals surface area (Å²) in [5.74, 6) is 0. The lowest BCUT2D eigenvalue weighted by Gasteiger charge is -2.09. The zero-order chi connectivity index (χ0) is 9.54. The van der Waals surface area contributed by atoms with Crippen LogP contribution >= 0.6 is 0 Å². The fourth-order valence-electron chi connectivity index (χ4n) is 2.30. The van der Waals surface area contributed by atoms with Gasteiger partial charge in [0.1, 0.15) is 5.65 Å². The summed E-state index contributed by atoms with van der Waals surface area (Å²) < 4.78 is 2.25.